The smallest absolute Gasteiger partial charge is 0.328 e. The van der Waals surface area contributed by atoms with E-state index in [-0.39, 0.29) is 0 Å². The number of carboxylic acid groups (broad SMARTS) is 1. The molecule has 5 heteroatoms. The highest BCUT2D eigenvalue weighted by atomic mass is 16.4. The molecule has 0 aliphatic carbocycles. The van der Waals surface area contributed by atoms with Crippen molar-refractivity contribution in [3.63, 3.8) is 0 Å². The highest BCUT2D eigenvalue weighted by Gasteiger charge is 2.19. The van der Waals surface area contributed by atoms with Gasteiger partial charge >= 0.3 is 5.97 Å². The number of aromatic nitrogens is 2. The van der Waals surface area contributed by atoms with Crippen molar-refractivity contribution in [2.24, 2.45) is 0 Å². The predicted octanol–water partition coefficient (Wildman–Crippen LogP) is 0.0632. The van der Waals surface area contributed by atoms with E-state index in [1.807, 2.05) is 6.92 Å². The molecule has 0 spiro atoms. The molecule has 5 nitrogen and oxygen atoms in total. The van der Waals surface area contributed by atoms with Crippen molar-refractivity contribution in [3.8, 4) is 0 Å². The van der Waals surface area contributed by atoms with Crippen LogP contribution in [0.3, 0.4) is 0 Å². The standard InChI is InChI=1S/C7H11N3O2/c1-4-3-9-6(10-4)5(8-2)7(11)12/h3,5,8H,1-2H3,(H,9,10)(H,11,12). The Labute approximate surface area is 69.8 Å². The van der Waals surface area contributed by atoms with E-state index in [1.165, 1.54) is 0 Å². The van der Waals surface area contributed by atoms with Gasteiger partial charge in [-0.1, -0.05) is 0 Å². The number of carbonyl (C=O) groups is 1. The first kappa shape index (κ1) is 8.73. The first-order valence-corrected chi connectivity index (χ1v) is 3.56. The monoisotopic (exact) mass is 169 g/mol. The summed E-state index contributed by atoms with van der Waals surface area (Å²) in [7, 11) is 1.58. The fraction of sp³-hybridized carbons (Fsp3) is 0.429. The van der Waals surface area contributed by atoms with Crippen molar-refractivity contribution in [1.29, 1.82) is 0 Å². The molecule has 12 heavy (non-hydrogen) atoms. The Balaban J connectivity index is 2.87. The highest BCUT2D eigenvalue weighted by molar-refractivity contribution is 5.74. The summed E-state index contributed by atoms with van der Waals surface area (Å²) in [5.41, 5.74) is 0.853. The minimum Gasteiger partial charge on any atom is -0.480 e. The maximum atomic E-state index is 10.6. The van der Waals surface area contributed by atoms with Crippen molar-refractivity contribution in [2.45, 2.75) is 13.0 Å². The lowest BCUT2D eigenvalue weighted by atomic mass is 10.3. The Hall–Kier alpha value is -1.36. The van der Waals surface area contributed by atoms with Gasteiger partial charge in [0.2, 0.25) is 0 Å². The summed E-state index contributed by atoms with van der Waals surface area (Å²) < 4.78 is 0. The first-order valence-electron chi connectivity index (χ1n) is 3.56. The van der Waals surface area contributed by atoms with Gasteiger partial charge in [0.15, 0.2) is 6.04 Å². The normalized spacial score (nSPS) is 12.8. The van der Waals surface area contributed by atoms with Crippen molar-refractivity contribution < 1.29 is 9.90 Å². The summed E-state index contributed by atoms with van der Waals surface area (Å²) in [6.07, 6.45) is 1.60. The molecule has 0 aliphatic heterocycles. The summed E-state index contributed by atoms with van der Waals surface area (Å²) >= 11 is 0. The molecule has 1 unspecified atom stereocenters. The van der Waals surface area contributed by atoms with E-state index >= 15 is 0 Å². The third-order valence-electron chi connectivity index (χ3n) is 1.53. The molecular formula is C7H11N3O2. The molecule has 0 radical (unpaired) electrons. The number of aliphatic carboxylic acids is 1. The van der Waals surface area contributed by atoms with Crippen LogP contribution >= 0.6 is 0 Å². The summed E-state index contributed by atoms with van der Waals surface area (Å²) in [6, 6.07) is -0.751. The molecule has 1 aromatic heterocycles. The van der Waals surface area contributed by atoms with Crippen LogP contribution in [-0.2, 0) is 4.79 Å². The quantitative estimate of drug-likeness (QED) is 0.598. The SMILES string of the molecule is CNC(C(=O)O)c1ncc(C)[nH]1. The fourth-order valence-electron chi connectivity index (χ4n) is 0.957. The van der Waals surface area contributed by atoms with Crippen LogP contribution in [0, 0.1) is 6.92 Å². The van der Waals surface area contributed by atoms with Crippen LogP contribution in [0.25, 0.3) is 0 Å². The minimum absolute atomic E-state index is 0.433. The average Bonchev–Trinajstić information content (AvgIpc) is 2.37. The third kappa shape index (κ3) is 1.62. The minimum atomic E-state index is -0.938. The van der Waals surface area contributed by atoms with Crippen LogP contribution in [0.1, 0.15) is 17.6 Å². The number of likely N-dealkylation sites (N-methyl/N-ethyl adjacent to an activating group) is 1. The second kappa shape index (κ2) is 3.36. The molecule has 66 valence electrons. The number of hydrogen-bond donors (Lipinski definition) is 3. The summed E-state index contributed by atoms with van der Waals surface area (Å²) in [4.78, 5) is 17.4. The zero-order valence-electron chi connectivity index (χ0n) is 6.96. The molecule has 0 fully saturated rings. The maximum absolute atomic E-state index is 10.6. The summed E-state index contributed by atoms with van der Waals surface area (Å²) in [5, 5.41) is 11.4. The Bertz CT molecular complexity index is 282. The van der Waals surface area contributed by atoms with Crippen LogP contribution in [0.5, 0.6) is 0 Å². The van der Waals surface area contributed by atoms with Gasteiger partial charge in [-0.15, -0.1) is 0 Å². The molecular weight excluding hydrogens is 158 g/mol. The van der Waals surface area contributed by atoms with Gasteiger partial charge in [0, 0.05) is 11.9 Å². The van der Waals surface area contributed by atoms with Gasteiger partial charge in [-0.25, -0.2) is 4.98 Å². The van der Waals surface area contributed by atoms with Crippen LogP contribution < -0.4 is 5.32 Å². The van der Waals surface area contributed by atoms with Crippen molar-refractivity contribution in [1.82, 2.24) is 15.3 Å². The van der Waals surface area contributed by atoms with Crippen LogP contribution in [0.2, 0.25) is 0 Å². The molecule has 0 amide bonds. The Morgan fingerprint density at radius 1 is 1.83 bits per heavy atom. The highest BCUT2D eigenvalue weighted by Crippen LogP contribution is 2.07. The Morgan fingerprint density at radius 2 is 2.50 bits per heavy atom. The van der Waals surface area contributed by atoms with E-state index in [0.717, 1.165) is 5.69 Å². The zero-order valence-corrected chi connectivity index (χ0v) is 6.96. The lowest BCUT2D eigenvalue weighted by Gasteiger charge is -2.06. The van der Waals surface area contributed by atoms with Gasteiger partial charge in [0.05, 0.1) is 0 Å². The van der Waals surface area contributed by atoms with Crippen molar-refractivity contribution >= 4 is 5.97 Å². The van der Waals surface area contributed by atoms with Crippen LogP contribution in [0.4, 0.5) is 0 Å². The molecule has 0 saturated carbocycles. The number of nitrogens with zero attached hydrogens (tertiary/aromatic N) is 1. The maximum Gasteiger partial charge on any atom is 0.328 e. The number of imidazole rings is 1. The van der Waals surface area contributed by atoms with Crippen molar-refractivity contribution in [3.05, 3.63) is 17.7 Å². The molecule has 1 rings (SSSR count). The van der Waals surface area contributed by atoms with Gasteiger partial charge in [-0.2, -0.15) is 0 Å². The van der Waals surface area contributed by atoms with Gasteiger partial charge in [-0.05, 0) is 14.0 Å². The topological polar surface area (TPSA) is 78.0 Å². The lowest BCUT2D eigenvalue weighted by Crippen LogP contribution is -2.26. The number of rotatable bonds is 3. The van der Waals surface area contributed by atoms with Crippen LogP contribution in [0.15, 0.2) is 6.20 Å². The van der Waals surface area contributed by atoms with Crippen molar-refractivity contribution in [2.75, 3.05) is 7.05 Å². The van der Waals surface area contributed by atoms with Crippen LogP contribution in [-0.4, -0.2) is 28.1 Å². The second-order valence-electron chi connectivity index (χ2n) is 2.51. The van der Waals surface area contributed by atoms with E-state index in [4.69, 9.17) is 5.11 Å². The van der Waals surface area contributed by atoms with Gasteiger partial charge in [0.25, 0.3) is 0 Å². The molecule has 1 atom stereocenters. The fourth-order valence-corrected chi connectivity index (χ4v) is 0.957. The average molecular weight is 169 g/mol. The zero-order chi connectivity index (χ0) is 9.14. The second-order valence-corrected chi connectivity index (χ2v) is 2.51. The van der Waals surface area contributed by atoms with E-state index in [0.29, 0.717) is 5.82 Å². The summed E-state index contributed by atoms with van der Waals surface area (Å²) in [5.74, 6) is -0.505. The van der Waals surface area contributed by atoms with Gasteiger partial charge < -0.3 is 15.4 Å². The van der Waals surface area contributed by atoms with Gasteiger partial charge in [0.1, 0.15) is 5.82 Å². The Kier molecular flexibility index (Phi) is 2.44. The largest absolute Gasteiger partial charge is 0.480 e. The third-order valence-corrected chi connectivity index (χ3v) is 1.53. The Morgan fingerprint density at radius 3 is 2.83 bits per heavy atom. The lowest BCUT2D eigenvalue weighted by molar-refractivity contribution is -0.139. The molecule has 0 bridgehead atoms. The molecule has 1 aromatic rings. The molecule has 1 heterocycles. The first-order chi connectivity index (χ1) is 5.65. The molecule has 3 N–H and O–H groups in total. The molecule has 0 aromatic carbocycles. The molecule has 0 saturated heterocycles. The predicted molar refractivity (Wildman–Crippen MR) is 42.8 cm³/mol. The van der Waals surface area contributed by atoms with E-state index in [2.05, 4.69) is 15.3 Å². The van der Waals surface area contributed by atoms with E-state index < -0.39 is 12.0 Å². The summed E-state index contributed by atoms with van der Waals surface area (Å²) in [6.45, 7) is 1.82. The number of nitrogens with one attached hydrogen (secondary N) is 2. The van der Waals surface area contributed by atoms with E-state index in [1.54, 1.807) is 13.2 Å². The molecule has 0 aliphatic rings. The number of aryl methyl sites for hydroxylation is 1. The van der Waals surface area contributed by atoms with Gasteiger partial charge in [-0.3, -0.25) is 4.79 Å². The number of hydrogen-bond acceptors (Lipinski definition) is 3. The number of aromatic amines is 1. The number of carboxylic acids is 1. The van der Waals surface area contributed by atoms with E-state index in [9.17, 15) is 4.79 Å². The number of H-pyrrole nitrogens is 1.